The van der Waals surface area contributed by atoms with Gasteiger partial charge in [0.25, 0.3) is 5.91 Å². The fourth-order valence-corrected chi connectivity index (χ4v) is 5.44. The number of piperazine rings is 1. The second-order valence-corrected chi connectivity index (χ2v) is 10.0. The lowest BCUT2D eigenvalue weighted by Gasteiger charge is -2.31. The van der Waals surface area contributed by atoms with E-state index in [1.807, 2.05) is 7.05 Å². The molecular weight excluding hydrogens is 414 g/mol. The molecule has 9 heteroatoms. The Morgan fingerprint density at radius 2 is 1.61 bits per heavy atom. The minimum absolute atomic E-state index is 0.241. The van der Waals surface area contributed by atoms with E-state index in [-0.39, 0.29) is 10.8 Å². The fraction of sp³-hybridized carbons (Fsp3) is 0.455. The van der Waals surface area contributed by atoms with E-state index in [0.29, 0.717) is 30.2 Å². The Morgan fingerprint density at radius 3 is 2.29 bits per heavy atom. The quantitative estimate of drug-likeness (QED) is 0.763. The largest absolute Gasteiger partial charge is 0.356 e. The maximum Gasteiger partial charge on any atom is 0.259 e. The Morgan fingerprint density at radius 1 is 0.935 bits per heavy atom. The molecule has 31 heavy (non-hydrogen) atoms. The minimum atomic E-state index is -3.53. The summed E-state index contributed by atoms with van der Waals surface area (Å²) in [6, 6.07) is 9.91. The first-order valence-electron chi connectivity index (χ1n) is 10.8. The molecule has 2 aliphatic rings. The molecule has 2 saturated heterocycles. The van der Waals surface area contributed by atoms with E-state index in [1.165, 1.54) is 10.7 Å². The van der Waals surface area contributed by atoms with Gasteiger partial charge in [0.2, 0.25) is 10.0 Å². The average molecular weight is 444 g/mol. The molecular formula is C22H29N5O3S. The molecule has 1 aromatic carbocycles. The molecule has 166 valence electrons. The van der Waals surface area contributed by atoms with Gasteiger partial charge in [0, 0.05) is 51.2 Å². The lowest BCUT2D eigenvalue weighted by atomic mass is 10.1. The first kappa shape index (κ1) is 21.7. The normalized spacial score (nSPS) is 18.7. The summed E-state index contributed by atoms with van der Waals surface area (Å²) in [4.78, 5) is 21.9. The molecule has 8 nitrogen and oxygen atoms in total. The highest BCUT2D eigenvalue weighted by molar-refractivity contribution is 7.89. The predicted molar refractivity (Wildman–Crippen MR) is 121 cm³/mol. The maximum atomic E-state index is 12.9. The number of nitrogens with one attached hydrogen (secondary N) is 1. The molecule has 0 spiro atoms. The van der Waals surface area contributed by atoms with Gasteiger partial charge < -0.3 is 15.1 Å². The molecule has 0 saturated carbocycles. The van der Waals surface area contributed by atoms with Crippen LogP contribution in [0.1, 0.15) is 29.6 Å². The van der Waals surface area contributed by atoms with Crippen LogP contribution in [-0.2, 0) is 10.0 Å². The third kappa shape index (κ3) is 4.89. The minimum Gasteiger partial charge on any atom is -0.356 e. The molecule has 2 aliphatic heterocycles. The van der Waals surface area contributed by atoms with Crippen LogP contribution in [-0.4, -0.2) is 74.8 Å². The van der Waals surface area contributed by atoms with Crippen molar-refractivity contribution in [3.63, 3.8) is 0 Å². The van der Waals surface area contributed by atoms with E-state index in [2.05, 4.69) is 20.1 Å². The summed E-state index contributed by atoms with van der Waals surface area (Å²) in [5.74, 6) is 0.456. The fourth-order valence-electron chi connectivity index (χ4n) is 4.02. The van der Waals surface area contributed by atoms with Crippen molar-refractivity contribution in [3.05, 3.63) is 48.2 Å². The van der Waals surface area contributed by atoms with E-state index in [0.717, 1.165) is 39.0 Å². The number of benzene rings is 1. The van der Waals surface area contributed by atoms with Gasteiger partial charge in [0.15, 0.2) is 0 Å². The lowest BCUT2D eigenvalue weighted by molar-refractivity contribution is 0.102. The number of carbonyl (C=O) groups excluding carboxylic acids is 1. The van der Waals surface area contributed by atoms with E-state index >= 15 is 0 Å². The van der Waals surface area contributed by atoms with Gasteiger partial charge in [-0.15, -0.1) is 0 Å². The zero-order chi connectivity index (χ0) is 21.8. The maximum absolute atomic E-state index is 12.9. The van der Waals surface area contributed by atoms with Crippen LogP contribution in [0.4, 0.5) is 11.5 Å². The van der Waals surface area contributed by atoms with Gasteiger partial charge in [0.1, 0.15) is 5.82 Å². The molecule has 2 fully saturated rings. The van der Waals surface area contributed by atoms with Crippen LogP contribution in [0.5, 0.6) is 0 Å². The number of hydrogen-bond donors (Lipinski definition) is 1. The molecule has 0 unspecified atom stereocenters. The molecule has 3 heterocycles. The van der Waals surface area contributed by atoms with Crippen LogP contribution in [0.15, 0.2) is 47.5 Å². The van der Waals surface area contributed by atoms with Gasteiger partial charge in [-0.3, -0.25) is 4.79 Å². The summed E-state index contributed by atoms with van der Waals surface area (Å²) >= 11 is 0. The smallest absolute Gasteiger partial charge is 0.259 e. The van der Waals surface area contributed by atoms with Gasteiger partial charge in [-0.1, -0.05) is 0 Å². The monoisotopic (exact) mass is 443 g/mol. The molecule has 1 N–H and O–H groups in total. The van der Waals surface area contributed by atoms with Crippen molar-refractivity contribution in [1.82, 2.24) is 14.2 Å². The summed E-state index contributed by atoms with van der Waals surface area (Å²) in [5, 5.41) is 2.88. The zero-order valence-electron chi connectivity index (χ0n) is 17.8. The van der Waals surface area contributed by atoms with E-state index in [9.17, 15) is 13.2 Å². The van der Waals surface area contributed by atoms with Crippen molar-refractivity contribution in [1.29, 1.82) is 0 Å². The Hall–Kier alpha value is -2.49. The lowest BCUT2D eigenvalue weighted by Crippen LogP contribution is -2.46. The van der Waals surface area contributed by atoms with E-state index < -0.39 is 10.0 Å². The molecule has 4 rings (SSSR count). The number of rotatable bonds is 5. The average Bonchev–Trinajstić information content (AvgIpc) is 2.80. The van der Waals surface area contributed by atoms with Crippen molar-refractivity contribution >= 4 is 27.4 Å². The Labute approximate surface area is 183 Å². The number of anilines is 2. The van der Waals surface area contributed by atoms with Crippen LogP contribution in [0.25, 0.3) is 0 Å². The number of likely N-dealkylation sites (N-methyl/N-ethyl adjacent to an activating group) is 1. The zero-order valence-corrected chi connectivity index (χ0v) is 18.6. The first-order chi connectivity index (χ1) is 14.9. The third-order valence-electron chi connectivity index (χ3n) is 5.90. The number of aromatic nitrogens is 1. The van der Waals surface area contributed by atoms with E-state index in [1.54, 1.807) is 42.6 Å². The summed E-state index contributed by atoms with van der Waals surface area (Å²) in [6.07, 6.45) is 5.11. The molecule has 0 radical (unpaired) electrons. The highest BCUT2D eigenvalue weighted by atomic mass is 32.2. The van der Waals surface area contributed by atoms with Crippen LogP contribution in [0.3, 0.4) is 0 Å². The van der Waals surface area contributed by atoms with Gasteiger partial charge in [-0.25, -0.2) is 13.4 Å². The highest BCUT2D eigenvalue weighted by Gasteiger charge is 2.27. The molecule has 2 aromatic rings. The van der Waals surface area contributed by atoms with Crippen molar-refractivity contribution in [2.45, 2.75) is 24.2 Å². The number of nitrogens with zero attached hydrogens (tertiary/aromatic N) is 4. The Bertz CT molecular complexity index is 1010. The molecule has 1 aromatic heterocycles. The van der Waals surface area contributed by atoms with Crippen LogP contribution in [0, 0.1) is 0 Å². The van der Waals surface area contributed by atoms with Crippen molar-refractivity contribution in [3.8, 4) is 0 Å². The summed E-state index contributed by atoms with van der Waals surface area (Å²) in [7, 11) is -1.54. The van der Waals surface area contributed by atoms with E-state index in [4.69, 9.17) is 0 Å². The standard InChI is InChI=1S/C22H29N5O3S/c1-25-14-16-27(17-15-25)31(29,30)19-9-7-18(8-10-19)24-22(28)20-6-5-11-23-21(20)26-12-3-2-4-13-26/h5-11H,2-4,12-17H2,1H3,(H,24,28). The molecule has 0 atom stereocenters. The van der Waals surface area contributed by atoms with Gasteiger partial charge in [-0.2, -0.15) is 4.31 Å². The molecule has 0 bridgehead atoms. The number of amides is 1. The number of hydrogen-bond acceptors (Lipinski definition) is 6. The number of sulfonamides is 1. The van der Waals surface area contributed by atoms with Crippen LogP contribution in [0.2, 0.25) is 0 Å². The topological polar surface area (TPSA) is 85.8 Å². The predicted octanol–water partition coefficient (Wildman–Crippen LogP) is 2.26. The first-order valence-corrected chi connectivity index (χ1v) is 12.2. The van der Waals surface area contributed by atoms with Crippen molar-refractivity contribution < 1.29 is 13.2 Å². The number of pyridine rings is 1. The SMILES string of the molecule is CN1CCN(S(=O)(=O)c2ccc(NC(=O)c3cccnc3N3CCCCC3)cc2)CC1. The highest BCUT2D eigenvalue weighted by Crippen LogP contribution is 2.24. The van der Waals surface area contributed by atoms with Crippen molar-refractivity contribution in [2.24, 2.45) is 0 Å². The molecule has 0 aliphatic carbocycles. The van der Waals surface area contributed by atoms with Crippen molar-refractivity contribution in [2.75, 3.05) is 56.5 Å². The third-order valence-corrected chi connectivity index (χ3v) is 7.81. The van der Waals surface area contributed by atoms with Gasteiger partial charge >= 0.3 is 0 Å². The Balaban J connectivity index is 1.47. The number of piperidine rings is 1. The van der Waals surface area contributed by atoms with Crippen LogP contribution >= 0.6 is 0 Å². The van der Waals surface area contributed by atoms with Gasteiger partial charge in [0.05, 0.1) is 10.5 Å². The molecule has 1 amide bonds. The Kier molecular flexibility index (Phi) is 6.54. The second kappa shape index (κ2) is 9.33. The summed E-state index contributed by atoms with van der Waals surface area (Å²) < 4.78 is 27.3. The van der Waals surface area contributed by atoms with Crippen LogP contribution < -0.4 is 10.2 Å². The summed E-state index contributed by atoms with van der Waals surface area (Å²) in [5.41, 5.74) is 1.08. The summed E-state index contributed by atoms with van der Waals surface area (Å²) in [6.45, 7) is 4.21. The number of carbonyl (C=O) groups is 1. The second-order valence-electron chi connectivity index (χ2n) is 8.11. The van der Waals surface area contributed by atoms with Gasteiger partial charge in [-0.05, 0) is 62.7 Å².